The molecule has 1 aromatic heterocycles. The van der Waals surface area contributed by atoms with Crippen LogP contribution in [0.15, 0.2) is 12.4 Å². The topological polar surface area (TPSA) is 28.7 Å². The molecule has 3 heteroatoms. The summed E-state index contributed by atoms with van der Waals surface area (Å²) in [6.45, 7) is 1.92. The number of aryl methyl sites for hydroxylation is 1. The molecule has 1 heterocycles. The van der Waals surface area contributed by atoms with Crippen molar-refractivity contribution in [1.82, 2.24) is 9.97 Å². The number of aromatic amines is 1. The number of rotatable bonds is 0. The van der Waals surface area contributed by atoms with Crippen LogP contribution in [0.4, 0.5) is 0 Å². The van der Waals surface area contributed by atoms with Crippen LogP contribution in [0.2, 0.25) is 0 Å². The van der Waals surface area contributed by atoms with Gasteiger partial charge in [0.2, 0.25) is 0 Å². The molecule has 1 rings (SSSR count). The van der Waals surface area contributed by atoms with Crippen LogP contribution in [0.1, 0.15) is 5.82 Å². The van der Waals surface area contributed by atoms with Crippen molar-refractivity contribution in [2.75, 3.05) is 0 Å². The minimum atomic E-state index is 0. The summed E-state index contributed by atoms with van der Waals surface area (Å²) in [6, 6.07) is 0. The van der Waals surface area contributed by atoms with Crippen molar-refractivity contribution in [3.8, 4) is 0 Å². The van der Waals surface area contributed by atoms with Crippen LogP contribution >= 0.6 is 0 Å². The van der Waals surface area contributed by atoms with Crippen molar-refractivity contribution in [3.63, 3.8) is 0 Å². The summed E-state index contributed by atoms with van der Waals surface area (Å²) >= 11 is 0. The van der Waals surface area contributed by atoms with Gasteiger partial charge in [-0.25, -0.2) is 4.98 Å². The van der Waals surface area contributed by atoms with Gasteiger partial charge in [-0.05, 0) is 6.92 Å². The Morgan fingerprint density at radius 2 is 2.43 bits per heavy atom. The molecule has 1 aromatic rings. The summed E-state index contributed by atoms with van der Waals surface area (Å²) in [4.78, 5) is 6.75. The molecular formula is C4H8N2Sn. The average Bonchev–Trinajstić information content (AvgIpc) is 1.86. The molecule has 0 aromatic carbocycles. The molecule has 0 atom stereocenters. The normalized spacial score (nSPS) is 7.57. The Morgan fingerprint density at radius 3 is 2.57 bits per heavy atom. The molecule has 7 heavy (non-hydrogen) atoms. The monoisotopic (exact) mass is 204 g/mol. The van der Waals surface area contributed by atoms with Crippen LogP contribution in [-0.4, -0.2) is 33.9 Å². The van der Waals surface area contributed by atoms with Crippen LogP contribution in [0.3, 0.4) is 0 Å². The Labute approximate surface area is 59.3 Å². The quantitative estimate of drug-likeness (QED) is 0.581. The number of nitrogens with one attached hydrogen (secondary N) is 1. The standard InChI is InChI=1S/C4H6N2.Sn.2H/c1-4-5-2-3-6-4;;;/h2-3H,1H3,(H,5,6);;;. The number of H-pyrrole nitrogens is 1. The van der Waals surface area contributed by atoms with Gasteiger partial charge in [-0.15, -0.1) is 0 Å². The minimum absolute atomic E-state index is 0. The fourth-order valence-corrected chi connectivity index (χ4v) is 0.344. The van der Waals surface area contributed by atoms with Gasteiger partial charge in [0.15, 0.2) is 0 Å². The number of hydrogen-bond acceptors (Lipinski definition) is 1. The second-order valence-electron chi connectivity index (χ2n) is 1.17. The van der Waals surface area contributed by atoms with E-state index in [4.69, 9.17) is 0 Å². The van der Waals surface area contributed by atoms with Crippen LogP contribution < -0.4 is 0 Å². The van der Waals surface area contributed by atoms with Gasteiger partial charge in [0.1, 0.15) is 5.82 Å². The molecule has 38 valence electrons. The van der Waals surface area contributed by atoms with E-state index in [0.29, 0.717) is 0 Å². The van der Waals surface area contributed by atoms with E-state index in [1.54, 1.807) is 12.4 Å². The zero-order valence-corrected chi connectivity index (χ0v) is 8.35. The maximum absolute atomic E-state index is 3.86. The first-order valence-electron chi connectivity index (χ1n) is 1.85. The summed E-state index contributed by atoms with van der Waals surface area (Å²) in [5, 5.41) is 0. The summed E-state index contributed by atoms with van der Waals surface area (Å²) in [5.41, 5.74) is 0. The van der Waals surface area contributed by atoms with Gasteiger partial charge in [0.05, 0.1) is 0 Å². The fourth-order valence-electron chi connectivity index (χ4n) is 0.344. The van der Waals surface area contributed by atoms with Crippen molar-refractivity contribution < 1.29 is 0 Å². The van der Waals surface area contributed by atoms with E-state index in [1.807, 2.05) is 6.92 Å². The SMILES string of the molecule is Cc1ncc[nH]1.[SnH2]. The summed E-state index contributed by atoms with van der Waals surface area (Å²) in [7, 11) is 0. The first kappa shape index (κ1) is 7.01. The van der Waals surface area contributed by atoms with Crippen molar-refractivity contribution in [1.29, 1.82) is 0 Å². The average molecular weight is 203 g/mol. The summed E-state index contributed by atoms with van der Waals surface area (Å²) in [5.74, 6) is 0.968. The number of imidazole rings is 1. The molecule has 0 unspecified atom stereocenters. The zero-order valence-electron chi connectivity index (χ0n) is 4.31. The van der Waals surface area contributed by atoms with Crippen LogP contribution in [0, 0.1) is 6.92 Å². The van der Waals surface area contributed by atoms with E-state index < -0.39 is 0 Å². The van der Waals surface area contributed by atoms with Gasteiger partial charge in [0.25, 0.3) is 0 Å². The summed E-state index contributed by atoms with van der Waals surface area (Å²) in [6.07, 6.45) is 3.53. The number of nitrogens with zero attached hydrogens (tertiary/aromatic N) is 1. The fraction of sp³-hybridized carbons (Fsp3) is 0.250. The zero-order chi connectivity index (χ0) is 4.41. The van der Waals surface area contributed by atoms with E-state index in [1.165, 1.54) is 0 Å². The van der Waals surface area contributed by atoms with E-state index in [9.17, 15) is 0 Å². The molecule has 0 spiro atoms. The molecule has 1 N–H and O–H groups in total. The first-order chi connectivity index (χ1) is 2.89. The van der Waals surface area contributed by atoms with Crippen molar-refractivity contribution in [2.45, 2.75) is 6.92 Å². The van der Waals surface area contributed by atoms with Crippen LogP contribution in [0.5, 0.6) is 0 Å². The molecule has 0 aliphatic carbocycles. The van der Waals surface area contributed by atoms with Gasteiger partial charge in [0, 0.05) is 12.4 Å². The predicted molar refractivity (Wildman–Crippen MR) is 31.9 cm³/mol. The Morgan fingerprint density at radius 1 is 1.71 bits per heavy atom. The number of hydrogen-bond donors (Lipinski definition) is 1. The van der Waals surface area contributed by atoms with Gasteiger partial charge in [-0.2, -0.15) is 0 Å². The molecule has 0 bridgehead atoms. The Bertz CT molecular complexity index is 113. The molecular weight excluding hydrogens is 195 g/mol. The molecule has 0 aliphatic rings. The van der Waals surface area contributed by atoms with Crippen molar-refractivity contribution in [3.05, 3.63) is 18.2 Å². The molecule has 0 aliphatic heterocycles. The van der Waals surface area contributed by atoms with Crippen LogP contribution in [0.25, 0.3) is 0 Å². The van der Waals surface area contributed by atoms with E-state index >= 15 is 0 Å². The van der Waals surface area contributed by atoms with Gasteiger partial charge in [-0.1, -0.05) is 0 Å². The maximum atomic E-state index is 3.86. The Hall–Kier alpha value is 0.00870. The second kappa shape index (κ2) is 3.07. The molecule has 0 fully saturated rings. The van der Waals surface area contributed by atoms with Crippen molar-refractivity contribution in [2.24, 2.45) is 0 Å². The Kier molecular flexibility index (Phi) is 3.07. The third-order valence-corrected chi connectivity index (χ3v) is 0.635. The number of aromatic nitrogens is 2. The third-order valence-electron chi connectivity index (χ3n) is 0.635. The molecule has 0 amide bonds. The third kappa shape index (κ3) is 1.97. The predicted octanol–water partition coefficient (Wildman–Crippen LogP) is -0.198. The molecule has 2 nitrogen and oxygen atoms in total. The molecule has 2 radical (unpaired) electrons. The Balaban J connectivity index is 0.000000360. The van der Waals surface area contributed by atoms with E-state index in [-0.39, 0.29) is 23.9 Å². The second-order valence-corrected chi connectivity index (χ2v) is 1.17. The van der Waals surface area contributed by atoms with Gasteiger partial charge in [-0.3, -0.25) is 0 Å². The van der Waals surface area contributed by atoms with Gasteiger partial charge < -0.3 is 4.98 Å². The first-order valence-corrected chi connectivity index (χ1v) is 1.85. The van der Waals surface area contributed by atoms with E-state index in [2.05, 4.69) is 9.97 Å². The van der Waals surface area contributed by atoms with Crippen LogP contribution in [-0.2, 0) is 0 Å². The van der Waals surface area contributed by atoms with E-state index in [0.717, 1.165) is 5.82 Å². The van der Waals surface area contributed by atoms with Gasteiger partial charge >= 0.3 is 23.9 Å². The van der Waals surface area contributed by atoms with Crippen molar-refractivity contribution >= 4 is 23.9 Å². The summed E-state index contributed by atoms with van der Waals surface area (Å²) < 4.78 is 0. The molecule has 0 saturated carbocycles. The molecule has 0 saturated heterocycles.